The van der Waals surface area contributed by atoms with Crippen molar-refractivity contribution in [3.8, 4) is 17.3 Å². The Morgan fingerprint density at radius 3 is 2.68 bits per heavy atom. The smallest absolute Gasteiger partial charge is 0.218 e. The zero-order valence-corrected chi connectivity index (χ0v) is 11.4. The number of halogens is 4. The molecular weight excluding hydrogens is 321 g/mol. The largest absolute Gasteiger partial charge is 0.433 e. The minimum Gasteiger partial charge on any atom is -0.218 e. The summed E-state index contributed by atoms with van der Waals surface area (Å²) in [4.78, 5) is 7.91. The van der Waals surface area contributed by atoms with Gasteiger partial charge in [-0.1, -0.05) is 28.5 Å². The molecule has 0 aliphatic rings. The van der Waals surface area contributed by atoms with Crippen molar-refractivity contribution in [2.45, 2.75) is 6.18 Å². The van der Waals surface area contributed by atoms with Gasteiger partial charge in [0.2, 0.25) is 5.82 Å². The third kappa shape index (κ3) is 2.89. The van der Waals surface area contributed by atoms with Crippen molar-refractivity contribution in [2.24, 2.45) is 0 Å². The molecule has 2 aromatic heterocycles. The fraction of sp³-hybridized carbons (Fsp3) is 0.0833. The second kappa shape index (κ2) is 5.34. The van der Waals surface area contributed by atoms with Gasteiger partial charge in [-0.25, -0.2) is 9.97 Å². The Morgan fingerprint density at radius 1 is 1.14 bits per heavy atom. The molecule has 0 radical (unpaired) electrons. The zero-order valence-electron chi connectivity index (χ0n) is 10.7. The van der Waals surface area contributed by atoms with Gasteiger partial charge in [0.1, 0.15) is 5.69 Å². The number of tetrazole rings is 1. The fourth-order valence-corrected chi connectivity index (χ4v) is 1.84. The molecule has 0 aliphatic heterocycles. The Labute approximate surface area is 126 Å². The molecule has 0 saturated heterocycles. The number of alkyl halides is 3. The zero-order chi connectivity index (χ0) is 15.7. The Bertz CT molecular complexity index is 816. The van der Waals surface area contributed by atoms with E-state index in [-0.39, 0.29) is 11.8 Å². The van der Waals surface area contributed by atoms with E-state index in [1.807, 2.05) is 0 Å². The van der Waals surface area contributed by atoms with Crippen LogP contribution in [0.15, 0.2) is 36.5 Å². The highest BCUT2D eigenvalue weighted by atomic mass is 35.5. The van der Waals surface area contributed by atoms with Gasteiger partial charge in [0.25, 0.3) is 5.95 Å². The Kier molecular flexibility index (Phi) is 3.49. The molecule has 0 amide bonds. The van der Waals surface area contributed by atoms with Crippen LogP contribution < -0.4 is 0 Å². The van der Waals surface area contributed by atoms with Gasteiger partial charge in [0.15, 0.2) is 0 Å². The van der Waals surface area contributed by atoms with Crippen molar-refractivity contribution < 1.29 is 13.2 Å². The molecule has 112 valence electrons. The van der Waals surface area contributed by atoms with Crippen LogP contribution in [0.3, 0.4) is 0 Å². The van der Waals surface area contributed by atoms with E-state index >= 15 is 0 Å². The lowest BCUT2D eigenvalue weighted by molar-refractivity contribution is -0.141. The molecule has 0 fully saturated rings. The van der Waals surface area contributed by atoms with Gasteiger partial charge in [0.05, 0.1) is 0 Å². The summed E-state index contributed by atoms with van der Waals surface area (Å²) in [6.07, 6.45) is -3.60. The summed E-state index contributed by atoms with van der Waals surface area (Å²) in [5, 5.41) is 11.8. The molecule has 2 heterocycles. The average Bonchev–Trinajstić information content (AvgIpc) is 2.96. The Hall–Kier alpha value is -2.55. The van der Waals surface area contributed by atoms with Crippen LogP contribution in [0.25, 0.3) is 17.3 Å². The topological polar surface area (TPSA) is 69.4 Å². The van der Waals surface area contributed by atoms with Gasteiger partial charge < -0.3 is 0 Å². The summed E-state index contributed by atoms with van der Waals surface area (Å²) in [6, 6.07) is 7.43. The number of rotatable bonds is 2. The standard InChI is InChI=1S/C12H6ClF3N6/c13-8-3-1-2-7(6-8)10-19-21-22(20-10)11-17-5-4-9(18-11)12(14,15)16/h1-6H. The summed E-state index contributed by atoms with van der Waals surface area (Å²) in [7, 11) is 0. The molecule has 3 rings (SSSR count). The third-order valence-corrected chi connectivity index (χ3v) is 2.84. The predicted molar refractivity (Wildman–Crippen MR) is 70.2 cm³/mol. The van der Waals surface area contributed by atoms with Gasteiger partial charge >= 0.3 is 6.18 Å². The highest BCUT2D eigenvalue weighted by Crippen LogP contribution is 2.27. The van der Waals surface area contributed by atoms with Crippen LogP contribution in [0.2, 0.25) is 5.02 Å². The molecule has 1 aromatic carbocycles. The van der Waals surface area contributed by atoms with Gasteiger partial charge in [-0.15, -0.1) is 10.2 Å². The normalized spacial score (nSPS) is 11.6. The van der Waals surface area contributed by atoms with E-state index in [1.165, 1.54) is 0 Å². The van der Waals surface area contributed by atoms with Crippen LogP contribution in [0.4, 0.5) is 13.2 Å². The number of aromatic nitrogens is 6. The van der Waals surface area contributed by atoms with E-state index in [1.54, 1.807) is 24.3 Å². The third-order valence-electron chi connectivity index (χ3n) is 2.61. The lowest BCUT2D eigenvalue weighted by atomic mass is 10.2. The molecule has 10 heteroatoms. The summed E-state index contributed by atoms with van der Waals surface area (Å²) in [6.45, 7) is 0. The molecule has 3 aromatic rings. The average molecular weight is 327 g/mol. The number of nitrogens with zero attached hydrogens (tertiary/aromatic N) is 6. The van der Waals surface area contributed by atoms with Crippen molar-refractivity contribution >= 4 is 11.6 Å². The highest BCUT2D eigenvalue weighted by molar-refractivity contribution is 6.30. The van der Waals surface area contributed by atoms with Gasteiger partial charge in [0, 0.05) is 16.8 Å². The molecule has 0 bridgehead atoms. The van der Waals surface area contributed by atoms with Crippen LogP contribution in [-0.2, 0) is 6.18 Å². The first kappa shape index (κ1) is 14.4. The van der Waals surface area contributed by atoms with Crippen LogP contribution in [-0.4, -0.2) is 30.2 Å². The van der Waals surface area contributed by atoms with Crippen LogP contribution >= 0.6 is 11.6 Å². The van der Waals surface area contributed by atoms with Crippen molar-refractivity contribution in [1.82, 2.24) is 30.2 Å². The molecule has 22 heavy (non-hydrogen) atoms. The lowest BCUT2D eigenvalue weighted by Gasteiger charge is -2.05. The second-order valence-electron chi connectivity index (χ2n) is 4.15. The molecule has 0 saturated carbocycles. The van der Waals surface area contributed by atoms with E-state index in [0.717, 1.165) is 17.1 Å². The van der Waals surface area contributed by atoms with Crippen molar-refractivity contribution in [3.63, 3.8) is 0 Å². The van der Waals surface area contributed by atoms with Crippen LogP contribution in [0.5, 0.6) is 0 Å². The number of hydrogen-bond donors (Lipinski definition) is 0. The molecule has 0 N–H and O–H groups in total. The minimum absolute atomic E-state index is 0.198. The van der Waals surface area contributed by atoms with Crippen molar-refractivity contribution in [1.29, 1.82) is 0 Å². The van der Waals surface area contributed by atoms with Gasteiger partial charge in [-0.2, -0.15) is 13.2 Å². The Balaban J connectivity index is 1.98. The van der Waals surface area contributed by atoms with E-state index < -0.39 is 11.9 Å². The van der Waals surface area contributed by atoms with Gasteiger partial charge in [-0.3, -0.25) is 0 Å². The minimum atomic E-state index is -4.58. The van der Waals surface area contributed by atoms with E-state index in [2.05, 4.69) is 25.4 Å². The maximum atomic E-state index is 12.6. The van der Waals surface area contributed by atoms with Crippen LogP contribution in [0.1, 0.15) is 5.69 Å². The quantitative estimate of drug-likeness (QED) is 0.724. The summed E-state index contributed by atoms with van der Waals surface area (Å²) >= 11 is 5.86. The molecule has 6 nitrogen and oxygen atoms in total. The lowest BCUT2D eigenvalue weighted by Crippen LogP contribution is -2.12. The molecule has 0 spiro atoms. The first-order valence-corrected chi connectivity index (χ1v) is 6.28. The summed E-state index contributed by atoms with van der Waals surface area (Å²) in [5.74, 6) is -0.126. The maximum absolute atomic E-state index is 12.6. The van der Waals surface area contributed by atoms with Crippen LogP contribution in [0, 0.1) is 0 Å². The molecule has 0 aliphatic carbocycles. The summed E-state index contributed by atoms with van der Waals surface area (Å²) in [5.41, 5.74) is -0.509. The summed E-state index contributed by atoms with van der Waals surface area (Å²) < 4.78 is 37.9. The highest BCUT2D eigenvalue weighted by Gasteiger charge is 2.33. The Morgan fingerprint density at radius 2 is 1.95 bits per heavy atom. The van der Waals surface area contributed by atoms with E-state index in [4.69, 9.17) is 11.6 Å². The monoisotopic (exact) mass is 326 g/mol. The first-order valence-electron chi connectivity index (χ1n) is 5.90. The molecular formula is C12H6ClF3N6. The van der Waals surface area contributed by atoms with Crippen molar-refractivity contribution in [3.05, 3.63) is 47.2 Å². The number of hydrogen-bond acceptors (Lipinski definition) is 5. The van der Waals surface area contributed by atoms with Crippen molar-refractivity contribution in [2.75, 3.05) is 0 Å². The van der Waals surface area contributed by atoms with E-state index in [9.17, 15) is 13.2 Å². The maximum Gasteiger partial charge on any atom is 0.433 e. The SMILES string of the molecule is FC(F)(F)c1ccnc(-n2nnc(-c3cccc(Cl)c3)n2)n1. The second-order valence-corrected chi connectivity index (χ2v) is 4.59. The first-order chi connectivity index (χ1) is 10.4. The predicted octanol–water partition coefficient (Wildman–Crippen LogP) is 2.79. The van der Waals surface area contributed by atoms with Gasteiger partial charge in [-0.05, 0) is 23.4 Å². The molecule has 0 unspecified atom stereocenters. The molecule has 0 atom stereocenters. The number of benzene rings is 1. The van der Waals surface area contributed by atoms with E-state index in [0.29, 0.717) is 10.6 Å². The fourth-order valence-electron chi connectivity index (χ4n) is 1.64.